The van der Waals surface area contributed by atoms with Gasteiger partial charge in [0.15, 0.2) is 0 Å². The van der Waals surface area contributed by atoms with Gasteiger partial charge in [0, 0.05) is 32.2 Å². The highest BCUT2D eigenvalue weighted by Gasteiger charge is 2.19. The van der Waals surface area contributed by atoms with E-state index in [0.29, 0.717) is 6.04 Å². The van der Waals surface area contributed by atoms with Crippen molar-refractivity contribution in [1.82, 2.24) is 10.2 Å². The lowest BCUT2D eigenvalue weighted by Gasteiger charge is -2.33. The molecule has 1 aliphatic rings. The molecule has 1 aromatic rings. The standard InChI is InChI=1S/C15H26N2OSi/c1-13(17-11-9-16-10-12-17)14-5-7-15(8-6-14)18-19(2,3)4/h5-8,13,16H,9-12H2,1-4H3/t13-/m1/s1. The molecule has 1 atom stereocenters. The van der Waals surface area contributed by atoms with Crippen molar-refractivity contribution in [3.8, 4) is 5.75 Å². The number of nitrogens with one attached hydrogen (secondary N) is 1. The maximum absolute atomic E-state index is 6.00. The second kappa shape index (κ2) is 6.07. The Morgan fingerprint density at radius 3 is 2.21 bits per heavy atom. The lowest BCUT2D eigenvalue weighted by Crippen LogP contribution is -2.44. The Balaban J connectivity index is 2.01. The first-order valence-electron chi connectivity index (χ1n) is 7.19. The largest absolute Gasteiger partial charge is 0.544 e. The van der Waals surface area contributed by atoms with Crippen LogP contribution in [0, 0.1) is 0 Å². The number of benzene rings is 1. The minimum atomic E-state index is -1.49. The van der Waals surface area contributed by atoms with Crippen LogP contribution in [0.1, 0.15) is 18.5 Å². The molecule has 0 bridgehead atoms. The van der Waals surface area contributed by atoms with Crippen LogP contribution in [0.25, 0.3) is 0 Å². The fourth-order valence-corrected chi connectivity index (χ4v) is 3.29. The van der Waals surface area contributed by atoms with Gasteiger partial charge in [-0.1, -0.05) is 12.1 Å². The molecule has 0 saturated carbocycles. The molecular weight excluding hydrogens is 252 g/mol. The van der Waals surface area contributed by atoms with Crippen LogP contribution >= 0.6 is 0 Å². The quantitative estimate of drug-likeness (QED) is 0.857. The van der Waals surface area contributed by atoms with Gasteiger partial charge in [-0.25, -0.2) is 0 Å². The molecule has 106 valence electrons. The highest BCUT2D eigenvalue weighted by Crippen LogP contribution is 2.24. The van der Waals surface area contributed by atoms with Gasteiger partial charge in [-0.15, -0.1) is 0 Å². The Bertz CT molecular complexity index is 394. The first kappa shape index (κ1) is 14.6. The number of hydrogen-bond acceptors (Lipinski definition) is 3. The number of nitrogens with zero attached hydrogens (tertiary/aromatic N) is 1. The smallest absolute Gasteiger partial charge is 0.242 e. The van der Waals surface area contributed by atoms with E-state index < -0.39 is 8.32 Å². The monoisotopic (exact) mass is 278 g/mol. The Morgan fingerprint density at radius 2 is 1.68 bits per heavy atom. The molecule has 19 heavy (non-hydrogen) atoms. The van der Waals surface area contributed by atoms with E-state index in [4.69, 9.17) is 4.43 Å². The van der Waals surface area contributed by atoms with Crippen molar-refractivity contribution in [3.63, 3.8) is 0 Å². The Kier molecular flexibility index (Phi) is 4.65. The molecule has 1 aromatic carbocycles. The third-order valence-electron chi connectivity index (χ3n) is 3.49. The average Bonchev–Trinajstić information content (AvgIpc) is 2.38. The van der Waals surface area contributed by atoms with Crippen LogP contribution in [0.3, 0.4) is 0 Å². The lowest BCUT2D eigenvalue weighted by atomic mass is 10.1. The summed E-state index contributed by atoms with van der Waals surface area (Å²) in [6, 6.07) is 9.14. The van der Waals surface area contributed by atoms with E-state index in [9.17, 15) is 0 Å². The van der Waals surface area contributed by atoms with Crippen molar-refractivity contribution in [3.05, 3.63) is 29.8 Å². The zero-order valence-corrected chi connectivity index (χ0v) is 13.6. The second-order valence-electron chi connectivity index (χ2n) is 6.25. The molecular formula is C15H26N2OSi. The van der Waals surface area contributed by atoms with Gasteiger partial charge in [0.25, 0.3) is 0 Å². The summed E-state index contributed by atoms with van der Waals surface area (Å²) in [4.78, 5) is 2.53. The van der Waals surface area contributed by atoms with E-state index in [-0.39, 0.29) is 0 Å². The molecule has 0 aliphatic carbocycles. The van der Waals surface area contributed by atoms with Gasteiger partial charge in [0.05, 0.1) is 0 Å². The van der Waals surface area contributed by atoms with Gasteiger partial charge in [0.2, 0.25) is 8.32 Å². The van der Waals surface area contributed by atoms with E-state index in [0.717, 1.165) is 31.9 Å². The fourth-order valence-electron chi connectivity index (χ4n) is 2.45. The topological polar surface area (TPSA) is 24.5 Å². The summed E-state index contributed by atoms with van der Waals surface area (Å²) >= 11 is 0. The molecule has 1 fully saturated rings. The predicted molar refractivity (Wildman–Crippen MR) is 83.3 cm³/mol. The van der Waals surface area contributed by atoms with Crippen LogP contribution in [0.2, 0.25) is 19.6 Å². The van der Waals surface area contributed by atoms with Gasteiger partial charge in [0.1, 0.15) is 5.75 Å². The summed E-state index contributed by atoms with van der Waals surface area (Å²) in [5.74, 6) is 1.01. The van der Waals surface area contributed by atoms with Crippen LogP contribution < -0.4 is 9.74 Å². The molecule has 0 unspecified atom stereocenters. The Labute approximate surface area is 118 Å². The summed E-state index contributed by atoms with van der Waals surface area (Å²) < 4.78 is 6.00. The predicted octanol–water partition coefficient (Wildman–Crippen LogP) is 2.87. The number of rotatable bonds is 4. The maximum Gasteiger partial charge on any atom is 0.242 e. The van der Waals surface area contributed by atoms with Gasteiger partial charge >= 0.3 is 0 Å². The zero-order valence-electron chi connectivity index (χ0n) is 12.6. The summed E-state index contributed by atoms with van der Waals surface area (Å²) in [7, 11) is -1.49. The normalized spacial score (nSPS) is 19.2. The van der Waals surface area contributed by atoms with Crippen molar-refractivity contribution in [1.29, 1.82) is 0 Å². The molecule has 0 radical (unpaired) electrons. The van der Waals surface area contributed by atoms with Gasteiger partial charge in [-0.2, -0.15) is 0 Å². The molecule has 1 aliphatic heterocycles. The van der Waals surface area contributed by atoms with E-state index in [1.54, 1.807) is 0 Å². The second-order valence-corrected chi connectivity index (χ2v) is 10.7. The van der Waals surface area contributed by atoms with Crippen molar-refractivity contribution in [2.45, 2.75) is 32.6 Å². The highest BCUT2D eigenvalue weighted by atomic mass is 28.4. The van der Waals surface area contributed by atoms with E-state index in [1.165, 1.54) is 5.56 Å². The van der Waals surface area contributed by atoms with Gasteiger partial charge in [-0.3, -0.25) is 4.90 Å². The third kappa shape index (κ3) is 4.33. The van der Waals surface area contributed by atoms with Crippen LogP contribution in [-0.2, 0) is 0 Å². The molecule has 0 spiro atoms. The SMILES string of the molecule is C[C@H](c1ccc(O[Si](C)(C)C)cc1)N1CCNCC1. The summed E-state index contributed by atoms with van der Waals surface area (Å²) in [6.07, 6.45) is 0. The zero-order chi connectivity index (χ0) is 13.9. The molecule has 4 heteroatoms. The van der Waals surface area contributed by atoms with Crippen molar-refractivity contribution >= 4 is 8.32 Å². The number of hydrogen-bond donors (Lipinski definition) is 1. The average molecular weight is 278 g/mol. The summed E-state index contributed by atoms with van der Waals surface area (Å²) in [6.45, 7) is 13.4. The van der Waals surface area contributed by atoms with Crippen molar-refractivity contribution in [2.75, 3.05) is 26.2 Å². The van der Waals surface area contributed by atoms with Crippen molar-refractivity contribution < 1.29 is 4.43 Å². The first-order chi connectivity index (χ1) is 8.96. The van der Waals surface area contributed by atoms with Crippen molar-refractivity contribution in [2.24, 2.45) is 0 Å². The number of piperazine rings is 1. The molecule has 0 amide bonds. The van der Waals surface area contributed by atoms with E-state index >= 15 is 0 Å². The Hall–Kier alpha value is -0.843. The van der Waals surface area contributed by atoms with Gasteiger partial charge in [-0.05, 0) is 44.3 Å². The lowest BCUT2D eigenvalue weighted by molar-refractivity contribution is 0.185. The molecule has 3 nitrogen and oxygen atoms in total. The first-order valence-corrected chi connectivity index (χ1v) is 10.6. The van der Waals surface area contributed by atoms with Gasteiger partial charge < -0.3 is 9.74 Å². The maximum atomic E-state index is 6.00. The van der Waals surface area contributed by atoms with Crippen LogP contribution in [0.5, 0.6) is 5.75 Å². The Morgan fingerprint density at radius 1 is 1.11 bits per heavy atom. The molecule has 0 aromatic heterocycles. The molecule has 2 rings (SSSR count). The minimum Gasteiger partial charge on any atom is -0.544 e. The third-order valence-corrected chi connectivity index (χ3v) is 4.33. The summed E-state index contributed by atoms with van der Waals surface area (Å²) in [5.41, 5.74) is 1.38. The minimum absolute atomic E-state index is 0.489. The molecule has 1 N–H and O–H groups in total. The van der Waals surface area contributed by atoms with E-state index in [2.05, 4.69) is 61.0 Å². The molecule has 1 saturated heterocycles. The highest BCUT2D eigenvalue weighted by molar-refractivity contribution is 6.70. The van der Waals surface area contributed by atoms with Crippen LogP contribution in [-0.4, -0.2) is 39.4 Å². The van der Waals surface area contributed by atoms with Crippen LogP contribution in [0.15, 0.2) is 24.3 Å². The summed E-state index contributed by atoms with van der Waals surface area (Å²) in [5, 5.41) is 3.40. The molecule has 1 heterocycles. The van der Waals surface area contributed by atoms with E-state index in [1.807, 2.05) is 0 Å². The fraction of sp³-hybridized carbons (Fsp3) is 0.600. The van der Waals surface area contributed by atoms with Crippen LogP contribution in [0.4, 0.5) is 0 Å².